The van der Waals surface area contributed by atoms with Crippen LogP contribution in [-0.2, 0) is 6.54 Å². The Bertz CT molecular complexity index is 317. The number of hydrogen-bond acceptors (Lipinski definition) is 4. The summed E-state index contributed by atoms with van der Waals surface area (Å²) >= 11 is 5.68. The molecule has 1 atom stereocenters. The highest BCUT2D eigenvalue weighted by atomic mass is 35.5. The van der Waals surface area contributed by atoms with Crippen molar-refractivity contribution in [1.29, 1.82) is 0 Å². The van der Waals surface area contributed by atoms with Crippen molar-refractivity contribution in [3.05, 3.63) is 23.0 Å². The van der Waals surface area contributed by atoms with E-state index in [1.165, 1.54) is 12.8 Å². The van der Waals surface area contributed by atoms with E-state index in [9.17, 15) is 0 Å². The minimum atomic E-state index is 0. The van der Waals surface area contributed by atoms with Crippen LogP contribution in [0.3, 0.4) is 0 Å². The summed E-state index contributed by atoms with van der Waals surface area (Å²) in [5.74, 6) is 0. The Labute approximate surface area is 107 Å². The molecular weight excluding hydrogens is 247 g/mol. The summed E-state index contributed by atoms with van der Waals surface area (Å²) in [6, 6.07) is 4.20. The van der Waals surface area contributed by atoms with Gasteiger partial charge in [0.1, 0.15) is 0 Å². The average molecular weight is 263 g/mol. The normalized spacial score (nSPS) is 20.8. The molecule has 0 bridgehead atoms. The van der Waals surface area contributed by atoms with Gasteiger partial charge in [0.2, 0.25) is 0 Å². The molecule has 1 saturated heterocycles. The van der Waals surface area contributed by atoms with Gasteiger partial charge in [0, 0.05) is 19.1 Å². The first-order valence-electron chi connectivity index (χ1n) is 5.22. The Balaban J connectivity index is 0.00000128. The Morgan fingerprint density at radius 3 is 2.88 bits per heavy atom. The predicted molar refractivity (Wildman–Crippen MR) is 66.8 cm³/mol. The maximum absolute atomic E-state index is 5.70. The van der Waals surface area contributed by atoms with Crippen molar-refractivity contribution < 1.29 is 0 Å². The summed E-state index contributed by atoms with van der Waals surface area (Å²) in [6.45, 7) is 2.65. The highest BCUT2D eigenvalue weighted by Gasteiger charge is 2.23. The van der Waals surface area contributed by atoms with E-state index < -0.39 is 0 Å². The predicted octanol–water partition coefficient (Wildman–Crippen LogP) is 1.47. The molecule has 0 aromatic carbocycles. The van der Waals surface area contributed by atoms with E-state index in [-0.39, 0.29) is 12.4 Å². The lowest BCUT2D eigenvalue weighted by molar-refractivity contribution is 0.246. The molecule has 90 valence electrons. The van der Waals surface area contributed by atoms with Crippen molar-refractivity contribution in [2.24, 2.45) is 5.73 Å². The second kappa shape index (κ2) is 6.35. The Hall–Kier alpha value is -0.420. The van der Waals surface area contributed by atoms with Gasteiger partial charge < -0.3 is 5.73 Å². The van der Waals surface area contributed by atoms with Crippen LogP contribution in [-0.4, -0.2) is 34.2 Å². The molecule has 0 saturated carbocycles. The van der Waals surface area contributed by atoms with Crippen LogP contribution in [0.4, 0.5) is 0 Å². The first-order valence-corrected chi connectivity index (χ1v) is 5.59. The van der Waals surface area contributed by atoms with Crippen molar-refractivity contribution in [3.63, 3.8) is 0 Å². The SMILES string of the molecule is Cl.NCC1CCCN1Cc1ccc(Cl)nn1. The van der Waals surface area contributed by atoms with Crippen LogP contribution in [0.1, 0.15) is 18.5 Å². The fraction of sp³-hybridized carbons (Fsp3) is 0.600. The van der Waals surface area contributed by atoms with Crippen LogP contribution < -0.4 is 5.73 Å². The number of nitrogens with zero attached hydrogens (tertiary/aromatic N) is 3. The lowest BCUT2D eigenvalue weighted by Gasteiger charge is -2.22. The summed E-state index contributed by atoms with van der Waals surface area (Å²) in [7, 11) is 0. The molecule has 16 heavy (non-hydrogen) atoms. The van der Waals surface area contributed by atoms with Crippen LogP contribution >= 0.6 is 24.0 Å². The molecule has 1 aromatic rings. The summed E-state index contributed by atoms with van der Waals surface area (Å²) < 4.78 is 0. The lowest BCUT2D eigenvalue weighted by Crippen LogP contribution is -2.35. The Morgan fingerprint density at radius 1 is 1.44 bits per heavy atom. The minimum Gasteiger partial charge on any atom is -0.329 e. The van der Waals surface area contributed by atoms with Gasteiger partial charge in [-0.1, -0.05) is 11.6 Å². The Kier molecular flexibility index (Phi) is 5.41. The molecule has 1 aromatic heterocycles. The van der Waals surface area contributed by atoms with E-state index in [1.807, 2.05) is 6.07 Å². The number of nitrogens with two attached hydrogens (primary N) is 1. The summed E-state index contributed by atoms with van der Waals surface area (Å²) in [5.41, 5.74) is 6.66. The third-order valence-corrected chi connectivity index (χ3v) is 3.03. The second-order valence-corrected chi connectivity index (χ2v) is 4.24. The molecule has 2 heterocycles. The molecule has 1 aliphatic rings. The molecule has 0 amide bonds. The number of hydrogen-bond donors (Lipinski definition) is 1. The third kappa shape index (κ3) is 3.28. The maximum Gasteiger partial charge on any atom is 0.151 e. The van der Waals surface area contributed by atoms with Crippen LogP contribution in [0.2, 0.25) is 5.15 Å². The lowest BCUT2D eigenvalue weighted by atomic mass is 10.2. The first-order chi connectivity index (χ1) is 7.29. The quantitative estimate of drug-likeness (QED) is 0.897. The van der Waals surface area contributed by atoms with Crippen LogP contribution in [0, 0.1) is 0 Å². The van der Waals surface area contributed by atoms with Gasteiger partial charge in [-0.05, 0) is 31.5 Å². The van der Waals surface area contributed by atoms with Gasteiger partial charge in [0.25, 0.3) is 0 Å². The minimum absolute atomic E-state index is 0. The fourth-order valence-electron chi connectivity index (χ4n) is 2.01. The van der Waals surface area contributed by atoms with E-state index >= 15 is 0 Å². The monoisotopic (exact) mass is 262 g/mol. The van der Waals surface area contributed by atoms with E-state index in [2.05, 4.69) is 15.1 Å². The van der Waals surface area contributed by atoms with Crippen LogP contribution in [0.25, 0.3) is 0 Å². The molecule has 4 nitrogen and oxygen atoms in total. The highest BCUT2D eigenvalue weighted by molar-refractivity contribution is 6.29. The molecule has 1 aliphatic heterocycles. The molecule has 1 unspecified atom stereocenters. The fourth-order valence-corrected chi connectivity index (χ4v) is 2.11. The van der Waals surface area contributed by atoms with E-state index in [4.69, 9.17) is 17.3 Å². The second-order valence-electron chi connectivity index (χ2n) is 3.85. The van der Waals surface area contributed by atoms with Gasteiger partial charge in [0.05, 0.1) is 5.69 Å². The smallest absolute Gasteiger partial charge is 0.151 e. The topological polar surface area (TPSA) is 55.0 Å². The van der Waals surface area contributed by atoms with Crippen molar-refractivity contribution in [2.75, 3.05) is 13.1 Å². The summed E-state index contributed by atoms with van der Waals surface area (Å²) in [4.78, 5) is 2.36. The van der Waals surface area contributed by atoms with E-state index in [1.54, 1.807) is 6.07 Å². The van der Waals surface area contributed by atoms with Crippen molar-refractivity contribution in [1.82, 2.24) is 15.1 Å². The van der Waals surface area contributed by atoms with Gasteiger partial charge in [-0.2, -0.15) is 5.10 Å². The van der Waals surface area contributed by atoms with Crippen LogP contribution in [0.15, 0.2) is 12.1 Å². The van der Waals surface area contributed by atoms with Crippen molar-refractivity contribution in [2.45, 2.75) is 25.4 Å². The zero-order chi connectivity index (χ0) is 10.7. The molecule has 6 heteroatoms. The molecule has 1 fully saturated rings. The van der Waals surface area contributed by atoms with E-state index in [0.717, 1.165) is 25.3 Å². The van der Waals surface area contributed by atoms with Crippen molar-refractivity contribution >= 4 is 24.0 Å². The van der Waals surface area contributed by atoms with Gasteiger partial charge >= 0.3 is 0 Å². The van der Waals surface area contributed by atoms with Gasteiger partial charge in [-0.3, -0.25) is 4.90 Å². The van der Waals surface area contributed by atoms with Gasteiger partial charge in [-0.25, -0.2) is 0 Å². The largest absolute Gasteiger partial charge is 0.329 e. The van der Waals surface area contributed by atoms with Gasteiger partial charge in [0.15, 0.2) is 5.15 Å². The molecule has 0 aliphatic carbocycles. The molecule has 2 N–H and O–H groups in total. The zero-order valence-electron chi connectivity index (χ0n) is 8.97. The number of likely N-dealkylation sites (tertiary alicyclic amines) is 1. The van der Waals surface area contributed by atoms with Gasteiger partial charge in [-0.15, -0.1) is 17.5 Å². The molecule has 2 rings (SSSR count). The number of rotatable bonds is 3. The standard InChI is InChI=1S/C10H15ClN4.ClH/c11-10-4-3-8(13-14-10)7-15-5-1-2-9(15)6-12;/h3-4,9H,1-2,5-7,12H2;1H. The molecule has 0 spiro atoms. The average Bonchev–Trinajstić information content (AvgIpc) is 2.69. The Morgan fingerprint density at radius 2 is 2.25 bits per heavy atom. The number of aromatic nitrogens is 2. The highest BCUT2D eigenvalue weighted by Crippen LogP contribution is 2.18. The van der Waals surface area contributed by atoms with E-state index in [0.29, 0.717) is 11.2 Å². The maximum atomic E-state index is 5.70. The molecular formula is C10H16Cl2N4. The summed E-state index contributed by atoms with van der Waals surface area (Å²) in [5, 5.41) is 8.32. The number of halogens is 2. The zero-order valence-corrected chi connectivity index (χ0v) is 10.5. The third-order valence-electron chi connectivity index (χ3n) is 2.82. The van der Waals surface area contributed by atoms with Crippen molar-refractivity contribution in [3.8, 4) is 0 Å². The van der Waals surface area contributed by atoms with Crippen LogP contribution in [0.5, 0.6) is 0 Å². The first kappa shape index (κ1) is 13.6. The molecule has 0 radical (unpaired) electrons. The summed E-state index contributed by atoms with van der Waals surface area (Å²) in [6.07, 6.45) is 2.42.